The molecule has 1 heterocycles. The largest absolute Gasteiger partial charge is 0.465 e. The molecule has 0 amide bonds. The molecule has 0 spiro atoms. The zero-order chi connectivity index (χ0) is 17.1. The lowest BCUT2D eigenvalue weighted by atomic mass is 10.2. The first-order valence-electron chi connectivity index (χ1n) is 7.39. The van der Waals surface area contributed by atoms with Crippen molar-refractivity contribution in [2.45, 2.75) is 6.92 Å². The number of carbonyl (C=O) groups excluding carboxylic acids is 1. The van der Waals surface area contributed by atoms with Gasteiger partial charge >= 0.3 is 5.97 Å². The van der Waals surface area contributed by atoms with Crippen LogP contribution >= 0.6 is 11.3 Å². The Bertz CT molecular complexity index is 851. The molecular formula is C19H17NO3S. The van der Waals surface area contributed by atoms with Gasteiger partial charge in [-0.2, -0.15) is 0 Å². The lowest BCUT2D eigenvalue weighted by Gasteiger charge is -2.06. The number of hydrogen-bond acceptors (Lipinski definition) is 5. The maximum Gasteiger partial charge on any atom is 0.350 e. The molecule has 0 aliphatic heterocycles. The van der Waals surface area contributed by atoms with Gasteiger partial charge in [0.15, 0.2) is 0 Å². The summed E-state index contributed by atoms with van der Waals surface area (Å²) in [6, 6.07) is 17.3. The second kappa shape index (κ2) is 6.76. The van der Waals surface area contributed by atoms with Crippen molar-refractivity contribution < 1.29 is 14.3 Å². The monoisotopic (exact) mass is 339 g/mol. The Hall–Kier alpha value is -2.79. The van der Waals surface area contributed by atoms with E-state index in [1.165, 1.54) is 24.0 Å². The number of nitrogen functional groups attached to an aromatic ring is 1. The summed E-state index contributed by atoms with van der Waals surface area (Å²) in [7, 11) is 1.35. The number of methoxy groups -OCH3 is 1. The van der Waals surface area contributed by atoms with Gasteiger partial charge in [0.2, 0.25) is 0 Å². The minimum absolute atomic E-state index is 0.414. The Morgan fingerprint density at radius 2 is 1.58 bits per heavy atom. The first-order chi connectivity index (χ1) is 11.6. The number of ether oxygens (including phenoxy) is 2. The number of esters is 1. The summed E-state index contributed by atoms with van der Waals surface area (Å²) in [5.41, 5.74) is 8.48. The molecule has 2 aromatic carbocycles. The molecule has 0 aliphatic rings. The van der Waals surface area contributed by atoms with Gasteiger partial charge in [0, 0.05) is 4.88 Å². The van der Waals surface area contributed by atoms with Gasteiger partial charge in [-0.3, -0.25) is 0 Å². The summed E-state index contributed by atoms with van der Waals surface area (Å²) < 4.78 is 10.5. The Labute approximate surface area is 144 Å². The number of benzene rings is 2. The van der Waals surface area contributed by atoms with Gasteiger partial charge in [-0.15, -0.1) is 11.3 Å². The molecule has 1 aromatic heterocycles. The number of rotatable bonds is 4. The maximum atomic E-state index is 11.6. The average molecular weight is 339 g/mol. The number of thiophene rings is 1. The Balaban J connectivity index is 1.79. The van der Waals surface area contributed by atoms with Crippen LogP contribution < -0.4 is 10.5 Å². The van der Waals surface area contributed by atoms with Crippen molar-refractivity contribution in [2.24, 2.45) is 0 Å². The van der Waals surface area contributed by atoms with Gasteiger partial charge in [0.1, 0.15) is 16.4 Å². The van der Waals surface area contributed by atoms with E-state index in [1.807, 2.05) is 55.5 Å². The van der Waals surface area contributed by atoms with E-state index in [0.29, 0.717) is 10.6 Å². The van der Waals surface area contributed by atoms with E-state index in [-0.39, 0.29) is 0 Å². The number of nitrogens with two attached hydrogens (primary N) is 1. The van der Waals surface area contributed by atoms with Crippen LogP contribution in [-0.4, -0.2) is 13.1 Å². The summed E-state index contributed by atoms with van der Waals surface area (Å²) in [6.45, 7) is 2.04. The van der Waals surface area contributed by atoms with Gasteiger partial charge in [-0.1, -0.05) is 17.7 Å². The van der Waals surface area contributed by atoms with Gasteiger partial charge in [-0.05, 0) is 55.0 Å². The average Bonchev–Trinajstić information content (AvgIpc) is 2.99. The van der Waals surface area contributed by atoms with Crippen LogP contribution in [0.2, 0.25) is 0 Å². The molecule has 0 saturated carbocycles. The van der Waals surface area contributed by atoms with Crippen molar-refractivity contribution in [3.63, 3.8) is 0 Å². The molecule has 0 saturated heterocycles. The van der Waals surface area contributed by atoms with E-state index in [4.69, 9.17) is 15.2 Å². The number of carbonyl (C=O) groups is 1. The topological polar surface area (TPSA) is 61.5 Å². The highest BCUT2D eigenvalue weighted by atomic mass is 32.1. The van der Waals surface area contributed by atoms with Crippen molar-refractivity contribution >= 4 is 23.0 Å². The van der Waals surface area contributed by atoms with Gasteiger partial charge in [0.25, 0.3) is 0 Å². The third-order valence-corrected chi connectivity index (χ3v) is 4.71. The summed E-state index contributed by atoms with van der Waals surface area (Å²) in [5, 5.41) is 0. The number of hydrogen-bond donors (Lipinski definition) is 1. The predicted octanol–water partition coefficient (Wildman–Crippen LogP) is 4.88. The third-order valence-electron chi connectivity index (χ3n) is 3.53. The number of aryl methyl sites for hydroxylation is 1. The van der Waals surface area contributed by atoms with E-state index < -0.39 is 5.97 Å². The third kappa shape index (κ3) is 3.41. The zero-order valence-electron chi connectivity index (χ0n) is 13.4. The quantitative estimate of drug-likeness (QED) is 0.688. The molecule has 24 heavy (non-hydrogen) atoms. The van der Waals surface area contributed by atoms with Crippen LogP contribution in [0.3, 0.4) is 0 Å². The molecule has 3 rings (SSSR count). The molecule has 0 atom stereocenters. The van der Waals surface area contributed by atoms with Crippen LogP contribution in [0.1, 0.15) is 15.2 Å². The molecule has 5 heteroatoms. The van der Waals surface area contributed by atoms with Crippen molar-refractivity contribution in [3.8, 4) is 21.9 Å². The minimum Gasteiger partial charge on any atom is -0.465 e. The molecule has 0 unspecified atom stereocenters. The van der Waals surface area contributed by atoms with E-state index in [1.54, 1.807) is 6.07 Å². The fourth-order valence-corrected chi connectivity index (χ4v) is 3.23. The number of anilines is 1. The fourth-order valence-electron chi connectivity index (χ4n) is 2.23. The van der Waals surface area contributed by atoms with Gasteiger partial charge in [-0.25, -0.2) is 4.79 Å². The summed E-state index contributed by atoms with van der Waals surface area (Å²) in [4.78, 5) is 13.0. The molecule has 0 fully saturated rings. The first-order valence-corrected chi connectivity index (χ1v) is 8.21. The van der Waals surface area contributed by atoms with Crippen LogP contribution in [0, 0.1) is 6.92 Å². The highest BCUT2D eigenvalue weighted by Crippen LogP contribution is 2.34. The molecule has 2 N–H and O–H groups in total. The smallest absolute Gasteiger partial charge is 0.350 e. The lowest BCUT2D eigenvalue weighted by Crippen LogP contribution is -2.00. The molecule has 3 aromatic rings. The van der Waals surface area contributed by atoms with E-state index >= 15 is 0 Å². The highest BCUT2D eigenvalue weighted by molar-refractivity contribution is 7.18. The van der Waals surface area contributed by atoms with Crippen LogP contribution in [0.25, 0.3) is 10.4 Å². The predicted molar refractivity (Wildman–Crippen MR) is 96.8 cm³/mol. The SMILES string of the molecule is COC(=O)c1sc(-c2ccc(Oc3ccc(C)cc3)cc2)cc1N. The fraction of sp³-hybridized carbons (Fsp3) is 0.105. The van der Waals surface area contributed by atoms with Crippen molar-refractivity contribution in [1.29, 1.82) is 0 Å². The van der Waals surface area contributed by atoms with Gasteiger partial charge in [0.05, 0.1) is 12.8 Å². The zero-order valence-corrected chi connectivity index (χ0v) is 14.2. The van der Waals surface area contributed by atoms with Crippen molar-refractivity contribution in [2.75, 3.05) is 12.8 Å². The van der Waals surface area contributed by atoms with E-state index in [2.05, 4.69) is 0 Å². The Morgan fingerprint density at radius 3 is 2.17 bits per heavy atom. The van der Waals surface area contributed by atoms with E-state index in [9.17, 15) is 4.79 Å². The lowest BCUT2D eigenvalue weighted by molar-refractivity contribution is 0.0607. The van der Waals surface area contributed by atoms with Crippen LogP contribution in [-0.2, 0) is 4.74 Å². The second-order valence-corrected chi connectivity index (χ2v) is 6.38. The molecular weight excluding hydrogens is 322 g/mol. The van der Waals surface area contributed by atoms with Crippen LogP contribution in [0.4, 0.5) is 5.69 Å². The Morgan fingerprint density at radius 1 is 1.00 bits per heavy atom. The normalized spacial score (nSPS) is 10.4. The van der Waals surface area contributed by atoms with Crippen LogP contribution in [0.5, 0.6) is 11.5 Å². The van der Waals surface area contributed by atoms with Crippen molar-refractivity contribution in [1.82, 2.24) is 0 Å². The molecule has 122 valence electrons. The summed E-state index contributed by atoms with van der Waals surface area (Å²) >= 11 is 1.32. The van der Waals surface area contributed by atoms with Crippen molar-refractivity contribution in [3.05, 3.63) is 65.0 Å². The molecule has 4 nitrogen and oxygen atoms in total. The summed E-state index contributed by atoms with van der Waals surface area (Å²) in [5.74, 6) is 1.13. The standard InChI is InChI=1S/C19H17NO3S/c1-12-3-7-14(8-4-12)23-15-9-5-13(6-10-15)17-11-16(20)18(24-17)19(21)22-2/h3-11H,20H2,1-2H3. The van der Waals surface area contributed by atoms with E-state index in [0.717, 1.165) is 21.9 Å². The summed E-state index contributed by atoms with van der Waals surface area (Å²) in [6.07, 6.45) is 0. The van der Waals surface area contributed by atoms with Crippen LogP contribution in [0.15, 0.2) is 54.6 Å². The first kappa shape index (κ1) is 16.1. The van der Waals surface area contributed by atoms with Gasteiger partial charge < -0.3 is 15.2 Å². The minimum atomic E-state index is -0.414. The maximum absolute atomic E-state index is 11.6. The highest BCUT2D eigenvalue weighted by Gasteiger charge is 2.15. The second-order valence-electron chi connectivity index (χ2n) is 5.33. The molecule has 0 bridgehead atoms. The molecule has 0 aliphatic carbocycles. The molecule has 0 radical (unpaired) electrons. The Kier molecular flexibility index (Phi) is 4.53.